The van der Waals surface area contributed by atoms with Crippen molar-refractivity contribution in [2.45, 2.75) is 18.5 Å². The third kappa shape index (κ3) is 3.79. The highest BCUT2D eigenvalue weighted by Crippen LogP contribution is 2.22. The number of Topliss-reactive ketones (excluding diaryl/α,β-unsaturated/α-hetero) is 1. The lowest BCUT2D eigenvalue weighted by atomic mass is 9.94. The van der Waals surface area contributed by atoms with Crippen molar-refractivity contribution < 1.29 is 19.5 Å². The molecule has 6 nitrogen and oxygen atoms in total. The number of thioether (sulfide) groups is 1. The average Bonchev–Trinajstić information content (AvgIpc) is 2.46. The van der Waals surface area contributed by atoms with Gasteiger partial charge in [-0.25, -0.2) is 4.79 Å². The van der Waals surface area contributed by atoms with E-state index in [1.54, 1.807) is 37.4 Å². The first-order valence-corrected chi connectivity index (χ1v) is 8.12. The van der Waals surface area contributed by atoms with Crippen molar-refractivity contribution >= 4 is 41.0 Å². The van der Waals surface area contributed by atoms with E-state index in [0.717, 1.165) is 11.8 Å². The molecular formula is C14H17ClN2O4S. The third-order valence-corrected chi connectivity index (χ3v) is 4.03. The fourth-order valence-electron chi connectivity index (χ4n) is 1.80. The molecule has 120 valence electrons. The minimum atomic E-state index is -2.61. The molecule has 8 heteroatoms. The van der Waals surface area contributed by atoms with Crippen LogP contribution in [0.1, 0.15) is 18.5 Å². The lowest BCUT2D eigenvalue weighted by Crippen LogP contribution is -2.65. The molecule has 0 radical (unpaired) electrons. The van der Waals surface area contributed by atoms with Crippen LogP contribution in [0.4, 0.5) is 0 Å². The van der Waals surface area contributed by atoms with Gasteiger partial charge in [-0.2, -0.15) is 11.8 Å². The Hall–Kier alpha value is -1.57. The number of hydrogen-bond donors (Lipinski definition) is 3. The number of carbonyl (C=O) groups excluding carboxylic acids is 2. The summed E-state index contributed by atoms with van der Waals surface area (Å²) in [5.41, 5.74) is 3.56. The van der Waals surface area contributed by atoms with E-state index in [2.05, 4.69) is 5.32 Å². The van der Waals surface area contributed by atoms with Crippen molar-refractivity contribution in [3.8, 4) is 0 Å². The standard InChI is InChI=1S/C14H17ClN2O4S/c1-8(9-5-3-4-6-10(9)15)17-12(19)14(16,13(20)21)11(18)7-22-2/h3-6,8H,7,16H2,1-2H3,(H,17,19)(H,20,21)/t8-,14?/m1/s1. The topological polar surface area (TPSA) is 109 Å². The summed E-state index contributed by atoms with van der Waals surface area (Å²) < 4.78 is 0. The van der Waals surface area contributed by atoms with Gasteiger partial charge in [-0.15, -0.1) is 0 Å². The van der Waals surface area contributed by atoms with Crippen molar-refractivity contribution in [3.05, 3.63) is 34.9 Å². The van der Waals surface area contributed by atoms with Gasteiger partial charge in [0.1, 0.15) is 0 Å². The van der Waals surface area contributed by atoms with Gasteiger partial charge in [0.2, 0.25) is 0 Å². The molecule has 0 saturated carbocycles. The molecule has 0 saturated heterocycles. The first kappa shape index (κ1) is 18.5. The molecule has 1 aromatic rings. The molecule has 22 heavy (non-hydrogen) atoms. The van der Waals surface area contributed by atoms with E-state index in [0.29, 0.717) is 10.6 Å². The third-order valence-electron chi connectivity index (χ3n) is 3.13. The Morgan fingerprint density at radius 3 is 2.50 bits per heavy atom. The molecule has 0 bridgehead atoms. The zero-order valence-corrected chi connectivity index (χ0v) is 13.7. The number of rotatable bonds is 7. The Labute approximate surface area is 137 Å². The summed E-state index contributed by atoms with van der Waals surface area (Å²) in [6.45, 7) is 1.63. The molecule has 0 aliphatic carbocycles. The van der Waals surface area contributed by atoms with Crippen molar-refractivity contribution in [2.24, 2.45) is 5.73 Å². The maximum atomic E-state index is 12.2. The van der Waals surface area contributed by atoms with E-state index in [1.807, 2.05) is 0 Å². The average molecular weight is 345 g/mol. The number of nitrogens with one attached hydrogen (secondary N) is 1. The van der Waals surface area contributed by atoms with Gasteiger partial charge in [0.05, 0.1) is 11.8 Å². The zero-order chi connectivity index (χ0) is 16.9. The second kappa shape index (κ2) is 7.62. The van der Waals surface area contributed by atoms with Crippen LogP contribution in [0.15, 0.2) is 24.3 Å². The van der Waals surface area contributed by atoms with Crippen LogP contribution in [0.2, 0.25) is 5.02 Å². The highest BCUT2D eigenvalue weighted by atomic mass is 35.5. The van der Waals surface area contributed by atoms with Gasteiger partial charge < -0.3 is 16.2 Å². The number of ketones is 1. The van der Waals surface area contributed by atoms with E-state index in [9.17, 15) is 19.5 Å². The molecule has 1 unspecified atom stereocenters. The Morgan fingerprint density at radius 2 is 2.00 bits per heavy atom. The maximum Gasteiger partial charge on any atom is 0.341 e. The second-order valence-electron chi connectivity index (χ2n) is 4.69. The summed E-state index contributed by atoms with van der Waals surface area (Å²) in [5.74, 6) is -3.78. The quantitative estimate of drug-likeness (QED) is 0.642. The maximum absolute atomic E-state index is 12.2. The number of carboxylic acid groups (broad SMARTS) is 1. The summed E-state index contributed by atoms with van der Waals surface area (Å²) in [5, 5.41) is 12.1. The van der Waals surface area contributed by atoms with E-state index < -0.39 is 29.2 Å². The van der Waals surface area contributed by atoms with E-state index in [4.69, 9.17) is 17.3 Å². The number of hydrogen-bond acceptors (Lipinski definition) is 5. The summed E-state index contributed by atoms with van der Waals surface area (Å²) >= 11 is 7.12. The number of amides is 1. The fourth-order valence-corrected chi connectivity index (χ4v) is 2.59. The van der Waals surface area contributed by atoms with Gasteiger partial charge in [-0.3, -0.25) is 9.59 Å². The summed E-state index contributed by atoms with van der Waals surface area (Å²) in [6, 6.07) is 6.20. The predicted molar refractivity (Wildman–Crippen MR) is 86.0 cm³/mol. The Morgan fingerprint density at radius 1 is 1.41 bits per heavy atom. The van der Waals surface area contributed by atoms with Crippen molar-refractivity contribution in [2.75, 3.05) is 12.0 Å². The van der Waals surface area contributed by atoms with Gasteiger partial charge in [0.25, 0.3) is 11.4 Å². The zero-order valence-electron chi connectivity index (χ0n) is 12.1. The molecule has 0 spiro atoms. The lowest BCUT2D eigenvalue weighted by Gasteiger charge is -2.25. The normalized spacial score (nSPS) is 14.7. The largest absolute Gasteiger partial charge is 0.479 e. The van der Waals surface area contributed by atoms with Crippen LogP contribution in [0.3, 0.4) is 0 Å². The molecule has 0 heterocycles. The first-order chi connectivity index (χ1) is 10.2. The van der Waals surface area contributed by atoms with Gasteiger partial charge in [-0.05, 0) is 24.8 Å². The second-order valence-corrected chi connectivity index (χ2v) is 5.96. The number of benzene rings is 1. The first-order valence-electron chi connectivity index (χ1n) is 6.35. The van der Waals surface area contributed by atoms with Crippen LogP contribution >= 0.6 is 23.4 Å². The van der Waals surface area contributed by atoms with Gasteiger partial charge in [0, 0.05) is 5.02 Å². The molecule has 0 aromatic heterocycles. The molecule has 0 aliphatic rings. The van der Waals surface area contributed by atoms with Crippen LogP contribution < -0.4 is 11.1 Å². The number of aliphatic carboxylic acids is 1. The molecule has 4 N–H and O–H groups in total. The smallest absolute Gasteiger partial charge is 0.341 e. The van der Waals surface area contributed by atoms with E-state index in [1.165, 1.54) is 0 Å². The molecule has 1 amide bonds. The molecule has 2 atom stereocenters. The van der Waals surface area contributed by atoms with Crippen LogP contribution in [0, 0.1) is 0 Å². The number of halogens is 1. The Balaban J connectivity index is 3.00. The van der Waals surface area contributed by atoms with Crippen LogP contribution in [0.5, 0.6) is 0 Å². The van der Waals surface area contributed by atoms with Gasteiger partial charge in [0.15, 0.2) is 5.78 Å². The van der Waals surface area contributed by atoms with E-state index >= 15 is 0 Å². The monoisotopic (exact) mass is 344 g/mol. The minimum absolute atomic E-state index is 0.170. The molecule has 1 aromatic carbocycles. The van der Waals surface area contributed by atoms with Gasteiger partial charge >= 0.3 is 5.97 Å². The highest BCUT2D eigenvalue weighted by molar-refractivity contribution is 7.99. The molecule has 1 rings (SSSR count). The molecule has 0 fully saturated rings. The molecular weight excluding hydrogens is 328 g/mol. The summed E-state index contributed by atoms with van der Waals surface area (Å²) in [7, 11) is 0. The number of carboxylic acids is 1. The number of carbonyl (C=O) groups is 3. The number of nitrogens with two attached hydrogens (primary N) is 1. The predicted octanol–water partition coefficient (Wildman–Crippen LogP) is 1.23. The van der Waals surface area contributed by atoms with Crippen LogP contribution in [-0.2, 0) is 14.4 Å². The van der Waals surface area contributed by atoms with E-state index in [-0.39, 0.29) is 5.75 Å². The van der Waals surface area contributed by atoms with Crippen molar-refractivity contribution in [3.63, 3.8) is 0 Å². The Kier molecular flexibility index (Phi) is 6.40. The Bertz CT molecular complexity index is 596. The van der Waals surface area contributed by atoms with Crippen molar-refractivity contribution in [1.29, 1.82) is 0 Å². The summed E-state index contributed by atoms with van der Waals surface area (Å²) in [4.78, 5) is 35.5. The fraction of sp³-hybridized carbons (Fsp3) is 0.357. The van der Waals surface area contributed by atoms with Gasteiger partial charge in [-0.1, -0.05) is 29.8 Å². The lowest BCUT2D eigenvalue weighted by molar-refractivity contribution is -0.152. The van der Waals surface area contributed by atoms with Crippen LogP contribution in [-0.4, -0.2) is 40.3 Å². The van der Waals surface area contributed by atoms with Crippen LogP contribution in [0.25, 0.3) is 0 Å². The summed E-state index contributed by atoms with van der Waals surface area (Å²) in [6.07, 6.45) is 1.62. The minimum Gasteiger partial charge on any atom is -0.479 e. The molecule has 0 aliphatic heterocycles. The SMILES string of the molecule is CSCC(=O)C(N)(C(=O)O)C(=O)N[C@H](C)c1ccccc1Cl. The van der Waals surface area contributed by atoms with Crippen molar-refractivity contribution in [1.82, 2.24) is 5.32 Å². The highest BCUT2D eigenvalue weighted by Gasteiger charge is 2.49.